The molecule has 5 nitrogen and oxygen atoms in total. The Morgan fingerprint density at radius 2 is 1.79 bits per heavy atom. The number of benzene rings is 2. The Bertz CT molecular complexity index is 904. The number of hydrogen-bond acceptors (Lipinski definition) is 5. The van der Waals surface area contributed by atoms with Crippen molar-refractivity contribution >= 4 is 17.7 Å². The molecule has 152 valence electrons. The molecule has 0 fully saturated rings. The molecule has 0 bridgehead atoms. The lowest BCUT2D eigenvalue weighted by Gasteiger charge is -2.20. The Kier molecular flexibility index (Phi) is 7.36. The number of amides is 1. The van der Waals surface area contributed by atoms with E-state index in [2.05, 4.69) is 10.5 Å². The minimum atomic E-state index is -0.209. The van der Waals surface area contributed by atoms with Gasteiger partial charge in [-0.15, -0.1) is 11.8 Å². The molecule has 0 unspecified atom stereocenters. The van der Waals surface area contributed by atoms with Crippen molar-refractivity contribution in [1.82, 2.24) is 10.5 Å². The maximum Gasteiger partial charge on any atom is 0.230 e. The Morgan fingerprint density at radius 1 is 1.10 bits per heavy atom. The average Bonchev–Trinajstić information content (AvgIpc) is 3.06. The molecule has 1 atom stereocenters. The summed E-state index contributed by atoms with van der Waals surface area (Å²) in [7, 11) is 0. The van der Waals surface area contributed by atoms with Gasteiger partial charge in [-0.25, -0.2) is 0 Å². The molecule has 0 aliphatic heterocycles. The van der Waals surface area contributed by atoms with Crippen LogP contribution in [0.3, 0.4) is 0 Å². The Labute approximate surface area is 175 Å². The molecular weight excluding hydrogens is 384 g/mol. The van der Waals surface area contributed by atoms with Gasteiger partial charge in [-0.1, -0.05) is 47.6 Å². The van der Waals surface area contributed by atoms with Crippen molar-refractivity contribution in [2.75, 3.05) is 12.4 Å². The summed E-state index contributed by atoms with van der Waals surface area (Å²) in [6.45, 7) is 6.40. The fourth-order valence-electron chi connectivity index (χ4n) is 3.08. The van der Waals surface area contributed by atoms with Crippen molar-refractivity contribution in [2.24, 2.45) is 0 Å². The zero-order valence-electron chi connectivity index (χ0n) is 17.0. The fraction of sp³-hybridized carbons (Fsp3) is 0.304. The number of aryl methyl sites for hydroxylation is 2. The van der Waals surface area contributed by atoms with Gasteiger partial charge in [-0.05, 0) is 44.0 Å². The zero-order chi connectivity index (χ0) is 20.6. The number of rotatable bonds is 9. The second kappa shape index (κ2) is 10.2. The first kappa shape index (κ1) is 21.0. The summed E-state index contributed by atoms with van der Waals surface area (Å²) in [6, 6.07) is 17.7. The van der Waals surface area contributed by atoms with Crippen molar-refractivity contribution in [3.8, 4) is 5.75 Å². The van der Waals surface area contributed by atoms with Crippen molar-refractivity contribution < 1.29 is 14.1 Å². The third-order valence-electron chi connectivity index (χ3n) is 4.62. The molecule has 0 aliphatic rings. The highest BCUT2D eigenvalue weighted by atomic mass is 32.2. The van der Waals surface area contributed by atoms with Gasteiger partial charge >= 0.3 is 0 Å². The SMILES string of the molecule is CCOc1ccc([C@@H](NC(=O)CSCc2c(C)noc2C)c2ccccc2)cc1. The lowest BCUT2D eigenvalue weighted by molar-refractivity contribution is -0.119. The molecular formula is C23H26N2O3S. The Balaban J connectivity index is 1.67. The molecule has 0 saturated carbocycles. The van der Waals surface area contributed by atoms with Gasteiger partial charge in [-0.2, -0.15) is 0 Å². The molecule has 0 aliphatic carbocycles. The predicted molar refractivity (Wildman–Crippen MR) is 116 cm³/mol. The van der Waals surface area contributed by atoms with E-state index in [9.17, 15) is 4.79 Å². The minimum absolute atomic E-state index is 0.00972. The van der Waals surface area contributed by atoms with Gasteiger partial charge in [-0.3, -0.25) is 4.79 Å². The number of nitrogens with one attached hydrogen (secondary N) is 1. The van der Waals surface area contributed by atoms with Crippen LogP contribution in [-0.4, -0.2) is 23.4 Å². The minimum Gasteiger partial charge on any atom is -0.494 e. The van der Waals surface area contributed by atoms with E-state index >= 15 is 0 Å². The van der Waals surface area contributed by atoms with E-state index in [1.54, 1.807) is 11.8 Å². The van der Waals surface area contributed by atoms with E-state index in [1.165, 1.54) is 0 Å². The summed E-state index contributed by atoms with van der Waals surface area (Å²) < 4.78 is 10.7. The van der Waals surface area contributed by atoms with Crippen molar-refractivity contribution in [2.45, 2.75) is 32.6 Å². The van der Waals surface area contributed by atoms with Crippen LogP contribution in [0, 0.1) is 13.8 Å². The van der Waals surface area contributed by atoms with Crippen LogP contribution in [0.25, 0.3) is 0 Å². The number of carbonyl (C=O) groups is 1. The second-order valence-electron chi connectivity index (χ2n) is 6.71. The first-order chi connectivity index (χ1) is 14.1. The van der Waals surface area contributed by atoms with Crippen LogP contribution >= 0.6 is 11.8 Å². The highest BCUT2D eigenvalue weighted by Crippen LogP contribution is 2.25. The van der Waals surface area contributed by atoms with E-state index in [4.69, 9.17) is 9.26 Å². The van der Waals surface area contributed by atoms with Gasteiger partial charge in [0.15, 0.2) is 0 Å². The molecule has 29 heavy (non-hydrogen) atoms. The van der Waals surface area contributed by atoms with Crippen LogP contribution in [0.1, 0.15) is 41.1 Å². The highest BCUT2D eigenvalue weighted by molar-refractivity contribution is 7.99. The molecule has 0 radical (unpaired) electrons. The second-order valence-corrected chi connectivity index (χ2v) is 7.69. The van der Waals surface area contributed by atoms with Crippen molar-refractivity contribution in [1.29, 1.82) is 0 Å². The topological polar surface area (TPSA) is 64.4 Å². The highest BCUT2D eigenvalue weighted by Gasteiger charge is 2.17. The van der Waals surface area contributed by atoms with E-state index in [0.29, 0.717) is 18.1 Å². The van der Waals surface area contributed by atoms with Gasteiger partial charge in [0.2, 0.25) is 5.91 Å². The summed E-state index contributed by atoms with van der Waals surface area (Å²) in [5.41, 5.74) is 4.00. The summed E-state index contributed by atoms with van der Waals surface area (Å²) in [5, 5.41) is 7.13. The Morgan fingerprint density at radius 3 is 2.41 bits per heavy atom. The van der Waals surface area contributed by atoms with Crippen LogP contribution in [0.4, 0.5) is 0 Å². The van der Waals surface area contributed by atoms with Crippen molar-refractivity contribution in [3.05, 3.63) is 82.7 Å². The van der Waals surface area contributed by atoms with Crippen LogP contribution in [0.5, 0.6) is 5.75 Å². The number of carbonyl (C=O) groups excluding carboxylic acids is 1. The van der Waals surface area contributed by atoms with E-state index in [0.717, 1.165) is 33.9 Å². The van der Waals surface area contributed by atoms with Crippen LogP contribution < -0.4 is 10.1 Å². The van der Waals surface area contributed by atoms with Gasteiger partial charge in [0, 0.05) is 11.3 Å². The number of thioether (sulfide) groups is 1. The largest absolute Gasteiger partial charge is 0.494 e. The predicted octanol–water partition coefficient (Wildman–Crippen LogP) is 4.83. The number of ether oxygens (including phenoxy) is 1. The molecule has 1 aromatic heterocycles. The van der Waals surface area contributed by atoms with Gasteiger partial charge < -0.3 is 14.6 Å². The number of hydrogen-bond donors (Lipinski definition) is 1. The van der Waals surface area contributed by atoms with Crippen LogP contribution in [0.15, 0.2) is 59.1 Å². The first-order valence-corrected chi connectivity index (χ1v) is 10.8. The summed E-state index contributed by atoms with van der Waals surface area (Å²) in [5.74, 6) is 2.69. The van der Waals surface area contributed by atoms with Crippen LogP contribution in [-0.2, 0) is 10.5 Å². The zero-order valence-corrected chi connectivity index (χ0v) is 17.8. The third kappa shape index (κ3) is 5.64. The smallest absolute Gasteiger partial charge is 0.230 e. The van der Waals surface area contributed by atoms with Gasteiger partial charge in [0.1, 0.15) is 11.5 Å². The molecule has 1 heterocycles. The van der Waals surface area contributed by atoms with Crippen molar-refractivity contribution in [3.63, 3.8) is 0 Å². The molecule has 3 rings (SSSR count). The average molecular weight is 411 g/mol. The fourth-order valence-corrected chi connectivity index (χ4v) is 4.07. The van der Waals surface area contributed by atoms with Gasteiger partial charge in [0.05, 0.1) is 24.1 Å². The van der Waals surface area contributed by atoms with Gasteiger partial charge in [0.25, 0.3) is 0 Å². The Hall–Kier alpha value is -2.73. The standard InChI is InChI=1S/C23H26N2O3S/c1-4-27-20-12-10-19(11-13-20)23(18-8-6-5-7-9-18)24-22(26)15-29-14-21-16(2)25-28-17(21)3/h5-13,23H,4,14-15H2,1-3H3,(H,24,26)/t23-/m0/s1. The first-order valence-electron chi connectivity index (χ1n) is 9.65. The number of aromatic nitrogens is 1. The summed E-state index contributed by atoms with van der Waals surface area (Å²) in [6.07, 6.45) is 0. The molecule has 0 spiro atoms. The lowest BCUT2D eigenvalue weighted by atomic mass is 9.98. The van der Waals surface area contributed by atoms with E-state index in [1.807, 2.05) is 75.4 Å². The monoisotopic (exact) mass is 410 g/mol. The van der Waals surface area contributed by atoms with Crippen LogP contribution in [0.2, 0.25) is 0 Å². The van der Waals surface area contributed by atoms with E-state index in [-0.39, 0.29) is 11.9 Å². The maximum absolute atomic E-state index is 12.7. The normalized spacial score (nSPS) is 11.8. The maximum atomic E-state index is 12.7. The molecule has 0 saturated heterocycles. The number of nitrogens with zero attached hydrogens (tertiary/aromatic N) is 1. The molecule has 1 N–H and O–H groups in total. The summed E-state index contributed by atoms with van der Waals surface area (Å²) in [4.78, 5) is 12.7. The summed E-state index contributed by atoms with van der Waals surface area (Å²) >= 11 is 1.56. The molecule has 1 amide bonds. The molecule has 3 aromatic rings. The lowest BCUT2D eigenvalue weighted by Crippen LogP contribution is -2.30. The quantitative estimate of drug-likeness (QED) is 0.547. The molecule has 6 heteroatoms. The third-order valence-corrected chi connectivity index (χ3v) is 5.58. The molecule has 2 aromatic carbocycles. The van der Waals surface area contributed by atoms with E-state index < -0.39 is 0 Å².